The molecule has 2 aromatic heterocycles. The Morgan fingerprint density at radius 1 is 1.03 bits per heavy atom. The minimum atomic E-state index is -0.846. The molecule has 0 saturated carbocycles. The summed E-state index contributed by atoms with van der Waals surface area (Å²) in [6.45, 7) is 1.72. The van der Waals surface area contributed by atoms with Crippen LogP contribution in [0.25, 0.3) is 11.4 Å². The molecule has 4 aromatic rings. The minimum Gasteiger partial charge on any atom is -0.495 e. The van der Waals surface area contributed by atoms with Gasteiger partial charge in [-0.3, -0.25) is 19.3 Å². The molecule has 0 saturated heterocycles. The minimum absolute atomic E-state index is 0.0928. The second kappa shape index (κ2) is 8.50. The van der Waals surface area contributed by atoms with Gasteiger partial charge < -0.3 is 9.84 Å². The lowest BCUT2D eigenvalue weighted by Gasteiger charge is -2.12. The topological polar surface area (TPSA) is 124 Å². The number of hydrogen-bond donors (Lipinski definition) is 2. The summed E-state index contributed by atoms with van der Waals surface area (Å²) < 4.78 is 9.25. The molecule has 0 amide bonds. The molecule has 4 rings (SSSR count). The molecule has 0 spiro atoms. The zero-order valence-corrected chi connectivity index (χ0v) is 18.1. The van der Waals surface area contributed by atoms with E-state index in [0.717, 1.165) is 10.8 Å². The van der Waals surface area contributed by atoms with Crippen LogP contribution in [0.3, 0.4) is 0 Å². The summed E-state index contributed by atoms with van der Waals surface area (Å²) in [5, 5.41) is 10.8. The number of nitrogens with one attached hydrogen (secondary N) is 1. The average Bonchev–Trinajstić information content (AvgIpc) is 3.02. The van der Waals surface area contributed by atoms with E-state index in [1.165, 1.54) is 11.8 Å². The van der Waals surface area contributed by atoms with Crippen molar-refractivity contribution < 1.29 is 9.84 Å². The number of H-pyrrole nitrogens is 1. The summed E-state index contributed by atoms with van der Waals surface area (Å²) in [6.07, 6.45) is 1.07. The quantitative estimate of drug-likeness (QED) is 0.452. The number of ether oxygens (including phenoxy) is 1. The Balaban J connectivity index is 1.87. The lowest BCUT2D eigenvalue weighted by atomic mass is 10.2. The summed E-state index contributed by atoms with van der Waals surface area (Å²) >= 11 is 0. The molecule has 0 radical (unpaired) electrons. The molecule has 0 atom stereocenters. The van der Waals surface area contributed by atoms with Crippen molar-refractivity contribution in [3.05, 3.63) is 97.0 Å². The number of methoxy groups -OCH3 is 1. The lowest BCUT2D eigenvalue weighted by Crippen LogP contribution is -2.31. The van der Waals surface area contributed by atoms with Gasteiger partial charge in [-0.2, -0.15) is 0 Å². The van der Waals surface area contributed by atoms with Gasteiger partial charge >= 0.3 is 5.69 Å². The molecule has 0 bridgehead atoms. The maximum Gasteiger partial charge on any atom is 0.335 e. The summed E-state index contributed by atoms with van der Waals surface area (Å²) in [4.78, 5) is 44.3. The van der Waals surface area contributed by atoms with Crippen LogP contribution in [-0.4, -0.2) is 37.3 Å². The highest BCUT2D eigenvalue weighted by molar-refractivity contribution is 5.84. The van der Waals surface area contributed by atoms with Gasteiger partial charge in [0.2, 0.25) is 5.88 Å². The first-order valence-corrected chi connectivity index (χ1v) is 9.95. The van der Waals surface area contributed by atoms with Gasteiger partial charge in [0.05, 0.1) is 24.2 Å². The van der Waals surface area contributed by atoms with Gasteiger partial charge in [0.25, 0.3) is 11.1 Å². The van der Waals surface area contributed by atoms with Crippen molar-refractivity contribution in [3.63, 3.8) is 0 Å². The summed E-state index contributed by atoms with van der Waals surface area (Å²) in [7, 11) is 3.14. The fourth-order valence-electron chi connectivity index (χ4n) is 3.52. The van der Waals surface area contributed by atoms with Crippen LogP contribution in [0.4, 0.5) is 5.69 Å². The van der Waals surface area contributed by atoms with Crippen LogP contribution in [-0.2, 0) is 7.05 Å². The fraction of sp³-hybridized carbons (Fsp3) is 0.130. The van der Waals surface area contributed by atoms with Crippen LogP contribution < -0.4 is 21.5 Å². The largest absolute Gasteiger partial charge is 0.495 e. The van der Waals surface area contributed by atoms with Crippen molar-refractivity contribution in [3.8, 4) is 23.0 Å². The van der Waals surface area contributed by atoms with E-state index in [4.69, 9.17) is 4.74 Å². The molecule has 0 aliphatic carbocycles. The number of aliphatic imine (C=N–C) groups is 1. The third-order valence-electron chi connectivity index (χ3n) is 5.29. The van der Waals surface area contributed by atoms with E-state index in [1.807, 2.05) is 18.2 Å². The first-order chi connectivity index (χ1) is 15.8. The smallest absolute Gasteiger partial charge is 0.335 e. The molecular formula is C23H21N5O5. The van der Waals surface area contributed by atoms with Crippen molar-refractivity contribution in [2.45, 2.75) is 6.92 Å². The summed E-state index contributed by atoms with van der Waals surface area (Å²) in [6, 6.07) is 15.6. The van der Waals surface area contributed by atoms with Gasteiger partial charge in [-0.25, -0.2) is 19.0 Å². The molecule has 10 nitrogen and oxygen atoms in total. The summed E-state index contributed by atoms with van der Waals surface area (Å²) in [5.41, 5.74) is -0.841. The van der Waals surface area contributed by atoms with E-state index in [0.29, 0.717) is 17.1 Å². The molecular weight excluding hydrogens is 426 g/mol. The van der Waals surface area contributed by atoms with Gasteiger partial charge in [-0.05, 0) is 31.2 Å². The number of aromatic nitrogens is 4. The van der Waals surface area contributed by atoms with Gasteiger partial charge in [-0.15, -0.1) is 0 Å². The van der Waals surface area contributed by atoms with Crippen LogP contribution in [0.15, 0.2) is 74.0 Å². The van der Waals surface area contributed by atoms with Crippen LogP contribution in [0.2, 0.25) is 0 Å². The molecule has 0 fully saturated rings. The van der Waals surface area contributed by atoms with E-state index < -0.39 is 22.7 Å². The average molecular weight is 447 g/mol. The number of hydrogen-bond acceptors (Lipinski definition) is 6. The maximum atomic E-state index is 13.0. The van der Waals surface area contributed by atoms with Crippen molar-refractivity contribution in [1.29, 1.82) is 0 Å². The number of para-hydroxylation sites is 3. The number of rotatable bonds is 5. The van der Waals surface area contributed by atoms with E-state index in [9.17, 15) is 19.5 Å². The van der Waals surface area contributed by atoms with Crippen LogP contribution in [0.1, 0.15) is 11.3 Å². The number of aromatic amines is 1. The monoisotopic (exact) mass is 447 g/mol. The van der Waals surface area contributed by atoms with E-state index in [1.54, 1.807) is 55.1 Å². The second-order valence-corrected chi connectivity index (χ2v) is 7.17. The molecule has 2 N–H and O–H groups in total. The zero-order chi connectivity index (χ0) is 23.7. The molecule has 0 unspecified atom stereocenters. The Labute approximate surface area is 187 Å². The van der Waals surface area contributed by atoms with E-state index in [2.05, 4.69) is 9.98 Å². The van der Waals surface area contributed by atoms with E-state index >= 15 is 0 Å². The Morgan fingerprint density at radius 2 is 1.70 bits per heavy atom. The normalized spacial score (nSPS) is 11.2. The Bertz CT molecular complexity index is 1540. The van der Waals surface area contributed by atoms with E-state index in [-0.39, 0.29) is 16.9 Å². The molecule has 2 heterocycles. The Hall–Kier alpha value is -4.60. The van der Waals surface area contributed by atoms with Gasteiger partial charge in [0.15, 0.2) is 5.69 Å². The maximum absolute atomic E-state index is 13.0. The molecule has 0 aliphatic rings. The van der Waals surface area contributed by atoms with Crippen molar-refractivity contribution in [2.24, 2.45) is 12.0 Å². The molecule has 10 heteroatoms. The standard InChI is InChI=1S/C23H21N5O5/c1-14-19(22(31)28(26(14)2)15-9-5-4-6-10-15)24-13-16-20(29)25-23(32)27(21(16)30)17-11-7-8-12-18(17)33-3/h4-13,30H,1-3H3,(H,25,29,32). The third kappa shape index (κ3) is 3.67. The summed E-state index contributed by atoms with van der Waals surface area (Å²) in [5.74, 6) is -0.316. The first kappa shape index (κ1) is 21.6. The van der Waals surface area contributed by atoms with Crippen LogP contribution in [0, 0.1) is 6.92 Å². The highest BCUT2D eigenvalue weighted by atomic mass is 16.5. The van der Waals surface area contributed by atoms with Crippen LogP contribution in [0.5, 0.6) is 11.6 Å². The SMILES string of the molecule is COc1ccccc1-n1c(O)c(C=Nc2c(C)n(C)n(-c3ccccc3)c2=O)c(=O)[nH]c1=O. The third-order valence-corrected chi connectivity index (χ3v) is 5.29. The molecule has 33 heavy (non-hydrogen) atoms. The van der Waals surface area contributed by atoms with Crippen molar-refractivity contribution in [2.75, 3.05) is 7.11 Å². The molecule has 2 aromatic carbocycles. The Morgan fingerprint density at radius 3 is 2.39 bits per heavy atom. The predicted molar refractivity (Wildman–Crippen MR) is 124 cm³/mol. The first-order valence-electron chi connectivity index (χ1n) is 9.95. The highest BCUT2D eigenvalue weighted by Gasteiger charge is 2.19. The van der Waals surface area contributed by atoms with Crippen molar-refractivity contribution in [1.82, 2.24) is 18.9 Å². The number of benzene rings is 2. The molecule has 168 valence electrons. The second-order valence-electron chi connectivity index (χ2n) is 7.17. The highest BCUT2D eigenvalue weighted by Crippen LogP contribution is 2.25. The molecule has 0 aliphatic heterocycles. The van der Waals surface area contributed by atoms with Crippen LogP contribution >= 0.6 is 0 Å². The number of nitrogens with zero attached hydrogens (tertiary/aromatic N) is 4. The van der Waals surface area contributed by atoms with Gasteiger partial charge in [0, 0.05) is 13.3 Å². The lowest BCUT2D eigenvalue weighted by molar-refractivity contribution is 0.401. The number of aromatic hydroxyl groups is 1. The van der Waals surface area contributed by atoms with Gasteiger partial charge in [0.1, 0.15) is 11.3 Å². The predicted octanol–water partition coefficient (Wildman–Crippen LogP) is 1.79. The van der Waals surface area contributed by atoms with Gasteiger partial charge in [-0.1, -0.05) is 30.3 Å². The van der Waals surface area contributed by atoms with Crippen molar-refractivity contribution >= 4 is 11.9 Å². The fourth-order valence-corrected chi connectivity index (χ4v) is 3.52. The Kier molecular flexibility index (Phi) is 5.57. The zero-order valence-electron chi connectivity index (χ0n) is 18.1.